The lowest BCUT2D eigenvalue weighted by Gasteiger charge is -2.34. The Hall–Kier alpha value is -2.00. The number of hydrogen-bond donors (Lipinski definition) is 0. The molecule has 0 radical (unpaired) electrons. The molecule has 6 nitrogen and oxygen atoms in total. The van der Waals surface area contributed by atoms with Crippen LogP contribution in [0.3, 0.4) is 0 Å². The van der Waals surface area contributed by atoms with E-state index in [9.17, 15) is 22.4 Å². The Balaban J connectivity index is 1.56. The van der Waals surface area contributed by atoms with E-state index in [1.807, 2.05) is 0 Å². The second-order valence-electron chi connectivity index (χ2n) is 6.77. The summed E-state index contributed by atoms with van der Waals surface area (Å²) >= 11 is 12.1. The van der Waals surface area contributed by atoms with E-state index in [2.05, 4.69) is 0 Å². The molecule has 0 spiro atoms. The zero-order valence-corrected chi connectivity index (χ0v) is 18.2. The third-order valence-corrected chi connectivity index (χ3v) is 7.70. The Morgan fingerprint density at radius 1 is 0.900 bits per heavy atom. The molecular weight excluding hydrogens is 454 g/mol. The summed E-state index contributed by atoms with van der Waals surface area (Å²) in [4.78, 5) is 26.0. The average molecular weight is 473 g/mol. The summed E-state index contributed by atoms with van der Waals surface area (Å²) in [5.74, 6) is -0.926. The summed E-state index contributed by atoms with van der Waals surface area (Å²) in [6, 6.07) is 9.63. The molecule has 1 aliphatic rings. The van der Waals surface area contributed by atoms with Gasteiger partial charge in [-0.2, -0.15) is 4.31 Å². The van der Waals surface area contributed by atoms with E-state index in [0.717, 1.165) is 0 Å². The SMILES string of the molecule is O=C(CCC(=O)N1CCN(S(=O)(=O)c2c(Cl)cccc2Cl)CC1)c1ccc(F)cc1. The number of sulfonamides is 1. The van der Waals surface area contributed by atoms with Crippen molar-refractivity contribution in [1.29, 1.82) is 0 Å². The fourth-order valence-electron chi connectivity index (χ4n) is 3.19. The molecule has 2 aromatic carbocycles. The zero-order valence-electron chi connectivity index (χ0n) is 15.9. The molecule has 0 bridgehead atoms. The van der Waals surface area contributed by atoms with Crippen LogP contribution in [0.1, 0.15) is 23.2 Å². The number of benzene rings is 2. The van der Waals surface area contributed by atoms with Crippen LogP contribution in [-0.4, -0.2) is 55.5 Å². The van der Waals surface area contributed by atoms with Crippen molar-refractivity contribution in [3.8, 4) is 0 Å². The molecule has 10 heteroatoms. The number of Topliss-reactive ketones (excluding diaryl/α,β-unsaturated/α-hetero) is 1. The maximum Gasteiger partial charge on any atom is 0.246 e. The normalized spacial score (nSPS) is 15.2. The van der Waals surface area contributed by atoms with Gasteiger partial charge in [-0.3, -0.25) is 9.59 Å². The lowest BCUT2D eigenvalue weighted by Crippen LogP contribution is -2.50. The van der Waals surface area contributed by atoms with Crippen LogP contribution in [0.4, 0.5) is 4.39 Å². The van der Waals surface area contributed by atoms with Gasteiger partial charge in [-0.15, -0.1) is 0 Å². The van der Waals surface area contributed by atoms with Gasteiger partial charge in [0.05, 0.1) is 10.0 Å². The van der Waals surface area contributed by atoms with Crippen molar-refractivity contribution in [1.82, 2.24) is 9.21 Å². The number of rotatable bonds is 6. The van der Waals surface area contributed by atoms with Crippen LogP contribution < -0.4 is 0 Å². The van der Waals surface area contributed by atoms with E-state index in [1.54, 1.807) is 6.07 Å². The van der Waals surface area contributed by atoms with Crippen LogP contribution >= 0.6 is 23.2 Å². The van der Waals surface area contributed by atoms with Gasteiger partial charge < -0.3 is 4.90 Å². The molecular formula is C20H19Cl2FN2O4S. The highest BCUT2D eigenvalue weighted by Gasteiger charge is 2.33. The molecule has 1 amide bonds. The lowest BCUT2D eigenvalue weighted by atomic mass is 10.1. The van der Waals surface area contributed by atoms with Gasteiger partial charge in [0.1, 0.15) is 10.7 Å². The highest BCUT2D eigenvalue weighted by atomic mass is 35.5. The summed E-state index contributed by atoms with van der Waals surface area (Å²) in [5.41, 5.74) is 0.344. The first-order valence-corrected chi connectivity index (χ1v) is 11.4. The first-order valence-electron chi connectivity index (χ1n) is 9.21. The molecule has 1 fully saturated rings. The van der Waals surface area contributed by atoms with E-state index < -0.39 is 15.8 Å². The molecule has 0 N–H and O–H groups in total. The predicted octanol–water partition coefficient (Wildman–Crippen LogP) is 3.63. The van der Waals surface area contributed by atoms with E-state index in [4.69, 9.17) is 23.2 Å². The van der Waals surface area contributed by atoms with Crippen molar-refractivity contribution in [2.24, 2.45) is 0 Å². The monoisotopic (exact) mass is 472 g/mol. The average Bonchev–Trinajstić information content (AvgIpc) is 2.72. The van der Waals surface area contributed by atoms with Gasteiger partial charge in [-0.05, 0) is 36.4 Å². The second-order valence-corrected chi connectivity index (χ2v) is 9.45. The lowest BCUT2D eigenvalue weighted by molar-refractivity contribution is -0.132. The minimum atomic E-state index is -3.89. The number of nitrogens with zero attached hydrogens (tertiary/aromatic N) is 2. The van der Waals surface area contributed by atoms with Gasteiger partial charge in [-0.1, -0.05) is 29.3 Å². The number of carbonyl (C=O) groups excluding carboxylic acids is 2. The van der Waals surface area contributed by atoms with Crippen molar-refractivity contribution >= 4 is 44.9 Å². The summed E-state index contributed by atoms with van der Waals surface area (Å²) in [6.07, 6.45) is -0.00247. The smallest absolute Gasteiger partial charge is 0.246 e. The summed E-state index contributed by atoms with van der Waals surface area (Å²) < 4.78 is 40.0. The van der Waals surface area contributed by atoms with E-state index in [0.29, 0.717) is 5.56 Å². The number of piperazine rings is 1. The van der Waals surface area contributed by atoms with Crippen molar-refractivity contribution in [3.63, 3.8) is 0 Å². The summed E-state index contributed by atoms with van der Waals surface area (Å²) in [5, 5.41) is 0.0839. The molecule has 0 unspecified atom stereocenters. The van der Waals surface area contributed by atoms with Crippen molar-refractivity contribution in [2.75, 3.05) is 26.2 Å². The molecule has 30 heavy (non-hydrogen) atoms. The number of amides is 1. The first-order chi connectivity index (χ1) is 14.2. The highest BCUT2D eigenvalue weighted by Crippen LogP contribution is 2.31. The van der Waals surface area contributed by atoms with Gasteiger partial charge in [0, 0.05) is 44.6 Å². The Kier molecular flexibility index (Phi) is 7.13. The molecule has 0 aromatic heterocycles. The maximum absolute atomic E-state index is 12.9. The summed E-state index contributed by atoms with van der Waals surface area (Å²) in [7, 11) is -3.89. The van der Waals surface area contributed by atoms with E-state index >= 15 is 0 Å². The Bertz CT molecular complexity index is 1030. The van der Waals surface area contributed by atoms with E-state index in [1.165, 1.54) is 45.6 Å². The molecule has 0 aliphatic carbocycles. The van der Waals surface area contributed by atoms with Crippen LogP contribution in [-0.2, 0) is 14.8 Å². The molecule has 3 rings (SSSR count). The number of hydrogen-bond acceptors (Lipinski definition) is 4. The third kappa shape index (κ3) is 5.00. The second kappa shape index (κ2) is 9.43. The van der Waals surface area contributed by atoms with Gasteiger partial charge >= 0.3 is 0 Å². The number of ketones is 1. The molecule has 0 atom stereocenters. The van der Waals surface area contributed by atoms with Crippen molar-refractivity contribution in [3.05, 3.63) is 63.9 Å². The van der Waals surface area contributed by atoms with Crippen molar-refractivity contribution < 1.29 is 22.4 Å². The molecule has 1 aliphatic heterocycles. The van der Waals surface area contributed by atoms with Gasteiger partial charge in [0.15, 0.2) is 5.78 Å². The predicted molar refractivity (Wildman–Crippen MR) is 112 cm³/mol. The standard InChI is InChI=1S/C20H19Cl2FN2O4S/c21-16-2-1-3-17(22)20(16)30(28,29)25-12-10-24(11-13-25)19(27)9-8-18(26)14-4-6-15(23)7-5-14/h1-7H,8-13H2. The van der Waals surface area contributed by atoms with Crippen LogP contribution in [0.2, 0.25) is 10.0 Å². The third-order valence-electron chi connectivity index (χ3n) is 4.84. The van der Waals surface area contributed by atoms with E-state index in [-0.39, 0.29) is 65.7 Å². The quantitative estimate of drug-likeness (QED) is 0.601. The number of halogens is 3. The molecule has 1 saturated heterocycles. The molecule has 2 aromatic rings. The highest BCUT2D eigenvalue weighted by molar-refractivity contribution is 7.89. The number of carbonyl (C=O) groups is 2. The van der Waals surface area contributed by atoms with Crippen LogP contribution in [0.25, 0.3) is 0 Å². The molecule has 1 heterocycles. The first kappa shape index (κ1) is 22.7. The summed E-state index contributed by atoms with van der Waals surface area (Å²) in [6.45, 7) is 0.596. The van der Waals surface area contributed by atoms with Crippen LogP contribution in [0.15, 0.2) is 47.4 Å². The van der Waals surface area contributed by atoms with Gasteiger partial charge in [0.2, 0.25) is 15.9 Å². The fraction of sp³-hybridized carbons (Fsp3) is 0.300. The van der Waals surface area contributed by atoms with Gasteiger partial charge in [0.25, 0.3) is 0 Å². The van der Waals surface area contributed by atoms with Crippen LogP contribution in [0, 0.1) is 5.82 Å². The molecule has 0 saturated carbocycles. The zero-order chi connectivity index (χ0) is 21.9. The minimum absolute atomic E-state index is 0.000693. The molecule has 160 valence electrons. The Labute approximate surface area is 184 Å². The fourth-order valence-corrected chi connectivity index (χ4v) is 5.71. The Morgan fingerprint density at radius 2 is 1.47 bits per heavy atom. The topological polar surface area (TPSA) is 74.8 Å². The Morgan fingerprint density at radius 3 is 2.03 bits per heavy atom. The van der Waals surface area contributed by atoms with Crippen LogP contribution in [0.5, 0.6) is 0 Å². The largest absolute Gasteiger partial charge is 0.340 e. The van der Waals surface area contributed by atoms with Gasteiger partial charge in [-0.25, -0.2) is 12.8 Å². The van der Waals surface area contributed by atoms with Crippen molar-refractivity contribution in [2.45, 2.75) is 17.7 Å². The minimum Gasteiger partial charge on any atom is -0.340 e. The maximum atomic E-state index is 12.9.